The molecule has 1 aromatic carbocycles. The second-order valence-corrected chi connectivity index (χ2v) is 7.74. The lowest BCUT2D eigenvalue weighted by Gasteiger charge is -2.18. The molecule has 0 spiro atoms. The smallest absolute Gasteiger partial charge is 0.256 e. The number of rotatable bonds is 5. The number of amides is 2. The minimum Gasteiger partial charge on any atom is -0.352 e. The predicted molar refractivity (Wildman–Crippen MR) is 103 cm³/mol. The van der Waals surface area contributed by atoms with Gasteiger partial charge < -0.3 is 10.6 Å². The lowest BCUT2D eigenvalue weighted by molar-refractivity contribution is 0.0953. The summed E-state index contributed by atoms with van der Waals surface area (Å²) >= 11 is 1.56. The van der Waals surface area contributed by atoms with Crippen LogP contribution in [0.1, 0.15) is 57.8 Å². The van der Waals surface area contributed by atoms with Crippen LogP contribution < -0.4 is 10.6 Å². The van der Waals surface area contributed by atoms with E-state index in [4.69, 9.17) is 0 Å². The van der Waals surface area contributed by atoms with Crippen LogP contribution in [0, 0.1) is 5.92 Å². The van der Waals surface area contributed by atoms with Crippen molar-refractivity contribution in [3.05, 3.63) is 51.9 Å². The van der Waals surface area contributed by atoms with E-state index in [1.54, 1.807) is 23.5 Å². The quantitative estimate of drug-likeness (QED) is 0.841. The normalized spacial score (nSPS) is 16.2. The van der Waals surface area contributed by atoms with E-state index in [2.05, 4.69) is 17.6 Å². The zero-order valence-corrected chi connectivity index (χ0v) is 15.5. The number of carbonyl (C=O) groups excluding carboxylic acids is 2. The molecule has 0 fully saturated rings. The van der Waals surface area contributed by atoms with Crippen molar-refractivity contribution in [2.75, 3.05) is 11.9 Å². The fourth-order valence-electron chi connectivity index (χ4n) is 3.17. The third-order valence-corrected chi connectivity index (χ3v) is 5.71. The maximum atomic E-state index is 12.7. The number of nitrogens with one attached hydrogen (secondary N) is 2. The van der Waals surface area contributed by atoms with Gasteiger partial charge in [0.25, 0.3) is 11.8 Å². The Morgan fingerprint density at radius 3 is 2.68 bits per heavy atom. The molecule has 3 rings (SSSR count). The summed E-state index contributed by atoms with van der Waals surface area (Å²) in [6.07, 6.45) is 3.86. The number of hydrogen-bond donors (Lipinski definition) is 2. The van der Waals surface area contributed by atoms with Gasteiger partial charge in [-0.1, -0.05) is 32.0 Å². The van der Waals surface area contributed by atoms with E-state index < -0.39 is 0 Å². The largest absolute Gasteiger partial charge is 0.352 e. The van der Waals surface area contributed by atoms with Crippen LogP contribution in [0.15, 0.2) is 30.3 Å². The summed E-state index contributed by atoms with van der Waals surface area (Å²) in [6, 6.07) is 9.12. The van der Waals surface area contributed by atoms with Crippen LogP contribution in [-0.2, 0) is 12.8 Å². The van der Waals surface area contributed by atoms with Gasteiger partial charge in [0, 0.05) is 17.0 Å². The van der Waals surface area contributed by atoms with Crippen LogP contribution in [-0.4, -0.2) is 18.4 Å². The van der Waals surface area contributed by atoms with Crippen molar-refractivity contribution < 1.29 is 9.59 Å². The Labute approximate surface area is 152 Å². The highest BCUT2D eigenvalue weighted by atomic mass is 32.1. The van der Waals surface area contributed by atoms with Gasteiger partial charge in [-0.15, -0.1) is 11.3 Å². The molecule has 1 heterocycles. The molecule has 0 saturated heterocycles. The number of hydrogen-bond acceptors (Lipinski definition) is 3. The molecule has 0 radical (unpaired) electrons. The third kappa shape index (κ3) is 3.93. The van der Waals surface area contributed by atoms with Gasteiger partial charge in [-0.25, -0.2) is 0 Å². The number of carbonyl (C=O) groups is 2. The zero-order valence-electron chi connectivity index (χ0n) is 14.7. The van der Waals surface area contributed by atoms with E-state index >= 15 is 0 Å². The molecule has 1 aliphatic carbocycles. The Morgan fingerprint density at radius 2 is 1.96 bits per heavy atom. The fourth-order valence-corrected chi connectivity index (χ4v) is 4.57. The number of anilines is 1. The second-order valence-electron chi connectivity index (χ2n) is 6.63. The molecular formula is C20H24N2O2S. The lowest BCUT2D eigenvalue weighted by atomic mass is 9.88. The average Bonchev–Trinajstić information content (AvgIpc) is 2.97. The first kappa shape index (κ1) is 17.7. The standard InChI is InChI=1S/C20H24N2O2S/c1-3-11-21-19(24)17-15-10-9-13(2)12-16(15)25-20(17)22-18(23)14-7-5-4-6-8-14/h4-8,13H,3,9-12H2,1-2H3,(H,21,24)(H,22,23)/t13-/m1/s1. The highest BCUT2D eigenvalue weighted by molar-refractivity contribution is 7.17. The van der Waals surface area contributed by atoms with Gasteiger partial charge in [0.2, 0.25) is 0 Å². The molecular weight excluding hydrogens is 332 g/mol. The van der Waals surface area contributed by atoms with E-state index in [1.165, 1.54) is 4.88 Å². The van der Waals surface area contributed by atoms with Crippen LogP contribution in [0.5, 0.6) is 0 Å². The molecule has 2 aromatic rings. The van der Waals surface area contributed by atoms with Gasteiger partial charge in [0.05, 0.1) is 5.56 Å². The minimum atomic E-state index is -0.170. The highest BCUT2D eigenvalue weighted by Crippen LogP contribution is 2.39. The lowest BCUT2D eigenvalue weighted by Crippen LogP contribution is -2.26. The molecule has 1 aromatic heterocycles. The summed E-state index contributed by atoms with van der Waals surface area (Å²) in [5.74, 6) is 0.379. The van der Waals surface area contributed by atoms with Crippen LogP contribution in [0.2, 0.25) is 0 Å². The van der Waals surface area contributed by atoms with Crippen molar-refractivity contribution in [1.82, 2.24) is 5.32 Å². The molecule has 25 heavy (non-hydrogen) atoms. The number of thiophene rings is 1. The predicted octanol–water partition coefficient (Wildman–Crippen LogP) is 4.27. The molecule has 5 heteroatoms. The summed E-state index contributed by atoms with van der Waals surface area (Å²) in [7, 11) is 0. The van der Waals surface area contributed by atoms with E-state index in [0.29, 0.717) is 28.6 Å². The minimum absolute atomic E-state index is 0.0720. The fraction of sp³-hybridized carbons (Fsp3) is 0.400. The zero-order chi connectivity index (χ0) is 17.8. The van der Waals surface area contributed by atoms with Gasteiger partial charge in [0.1, 0.15) is 5.00 Å². The summed E-state index contributed by atoms with van der Waals surface area (Å²) in [6.45, 7) is 4.91. The Balaban J connectivity index is 1.92. The molecule has 1 aliphatic rings. The maximum absolute atomic E-state index is 12.7. The second kappa shape index (κ2) is 7.83. The Morgan fingerprint density at radius 1 is 1.20 bits per heavy atom. The molecule has 132 valence electrons. The van der Waals surface area contributed by atoms with E-state index in [1.807, 2.05) is 25.1 Å². The summed E-state index contributed by atoms with van der Waals surface area (Å²) in [5.41, 5.74) is 2.40. The molecule has 0 aliphatic heterocycles. The van der Waals surface area contributed by atoms with E-state index in [0.717, 1.165) is 31.2 Å². The topological polar surface area (TPSA) is 58.2 Å². The van der Waals surface area contributed by atoms with Crippen LogP contribution in [0.3, 0.4) is 0 Å². The first-order valence-corrected chi connectivity index (χ1v) is 9.71. The SMILES string of the molecule is CCCNC(=O)c1c(NC(=O)c2ccccc2)sc2c1CC[C@@H](C)C2. The number of fused-ring (bicyclic) bond motifs is 1. The van der Waals surface area contributed by atoms with Crippen molar-refractivity contribution >= 4 is 28.2 Å². The third-order valence-electron chi connectivity index (χ3n) is 4.54. The van der Waals surface area contributed by atoms with Crippen molar-refractivity contribution in [3.8, 4) is 0 Å². The molecule has 4 nitrogen and oxygen atoms in total. The van der Waals surface area contributed by atoms with Crippen molar-refractivity contribution in [2.24, 2.45) is 5.92 Å². The van der Waals surface area contributed by atoms with Gasteiger partial charge in [-0.05, 0) is 49.3 Å². The van der Waals surface area contributed by atoms with E-state index in [9.17, 15) is 9.59 Å². The maximum Gasteiger partial charge on any atom is 0.256 e. The first-order valence-electron chi connectivity index (χ1n) is 8.89. The van der Waals surface area contributed by atoms with Crippen LogP contribution >= 0.6 is 11.3 Å². The van der Waals surface area contributed by atoms with Crippen molar-refractivity contribution in [2.45, 2.75) is 39.5 Å². The Bertz CT molecular complexity index is 768. The summed E-state index contributed by atoms with van der Waals surface area (Å²) in [5, 5.41) is 6.62. The molecule has 0 saturated carbocycles. The highest BCUT2D eigenvalue weighted by Gasteiger charge is 2.28. The number of benzene rings is 1. The Hall–Kier alpha value is -2.14. The molecule has 1 atom stereocenters. The van der Waals surface area contributed by atoms with Crippen molar-refractivity contribution in [1.29, 1.82) is 0 Å². The summed E-state index contributed by atoms with van der Waals surface area (Å²) in [4.78, 5) is 26.5. The van der Waals surface area contributed by atoms with Crippen LogP contribution in [0.4, 0.5) is 5.00 Å². The van der Waals surface area contributed by atoms with Gasteiger partial charge >= 0.3 is 0 Å². The van der Waals surface area contributed by atoms with E-state index in [-0.39, 0.29) is 11.8 Å². The van der Waals surface area contributed by atoms with Gasteiger partial charge in [-0.3, -0.25) is 9.59 Å². The first-order chi connectivity index (χ1) is 12.1. The van der Waals surface area contributed by atoms with Gasteiger partial charge in [-0.2, -0.15) is 0 Å². The monoisotopic (exact) mass is 356 g/mol. The molecule has 0 unspecified atom stereocenters. The molecule has 2 N–H and O–H groups in total. The van der Waals surface area contributed by atoms with Crippen LogP contribution in [0.25, 0.3) is 0 Å². The van der Waals surface area contributed by atoms with Crippen molar-refractivity contribution in [3.63, 3.8) is 0 Å². The molecule has 2 amide bonds. The molecule has 0 bridgehead atoms. The Kier molecular flexibility index (Phi) is 5.53. The average molecular weight is 356 g/mol. The van der Waals surface area contributed by atoms with Gasteiger partial charge in [0.15, 0.2) is 0 Å². The summed E-state index contributed by atoms with van der Waals surface area (Å²) < 4.78 is 0.